The van der Waals surface area contributed by atoms with E-state index in [0.29, 0.717) is 120 Å². The minimum Gasteiger partial charge on any atom is -0.481 e. The summed E-state index contributed by atoms with van der Waals surface area (Å²) in [6, 6.07) is 42.9. The number of carboxylic acid groups (broad SMARTS) is 2. The first kappa shape index (κ1) is 104. The van der Waals surface area contributed by atoms with Crippen LogP contribution in [0, 0.1) is 94.7 Å². The number of carbonyl (C=O) groups is 4. The number of alkyl halides is 1. The fraction of sp³-hybridized carbons (Fsp3) is 0.664. The Morgan fingerprint density at radius 2 is 0.575 bits per heavy atom. The van der Waals surface area contributed by atoms with Crippen molar-refractivity contribution in [1.82, 2.24) is 0 Å². The van der Waals surface area contributed by atoms with Gasteiger partial charge in [0.25, 0.3) is 0 Å². The summed E-state index contributed by atoms with van der Waals surface area (Å²) in [5, 5.41) is 59.7. The minimum absolute atomic E-state index is 0.0312. The molecule has 0 heterocycles. The van der Waals surface area contributed by atoms with Crippen molar-refractivity contribution in [1.29, 1.82) is 0 Å². The third-order valence-electron chi connectivity index (χ3n) is 26.7. The van der Waals surface area contributed by atoms with Gasteiger partial charge in [0.15, 0.2) is 0 Å². The second kappa shape index (κ2) is 62.6. The molecule has 13 heteroatoms. The molecular formula is C107H167FO12. The SMILES string of the molecule is CC(C)OC(=O)CCC/C=C\C[C@@H]1[C@@H](CC[C@@H](C)CCc2ccccc2)[C@H](C)C[C@@H]1O.CC(C)OC(=O)CCC/C=C\C[C@@H]1[C@@H](CC[C@@H](C)CCc2ccccc2)[C@H](O)C[C@@H]1C.C[C@@H](CCc1ccccc1)CC[C@@H]1[C@@H](C/C=C\CCCC(=O)O)[C@@H](C)C[C@H]1O.C[C@@H](CCc1ccccc1)CC[C@@H]1[C@@H](C/C=C\CCCC(=O)O)[C@@H](O)C[C@H]1C.[2H]CF. The van der Waals surface area contributed by atoms with Gasteiger partial charge >= 0.3 is 23.9 Å². The Morgan fingerprint density at radius 3 is 0.825 bits per heavy atom. The highest BCUT2D eigenvalue weighted by molar-refractivity contribution is 5.70. The highest BCUT2D eigenvalue weighted by Gasteiger charge is 2.42. The van der Waals surface area contributed by atoms with Gasteiger partial charge in [-0.05, 0) is 324 Å². The molecule has 4 aromatic rings. The van der Waals surface area contributed by atoms with Crippen molar-refractivity contribution < 1.29 is 65.1 Å². The Morgan fingerprint density at radius 1 is 0.350 bits per heavy atom. The van der Waals surface area contributed by atoms with Crippen LogP contribution in [0.2, 0.25) is 0 Å². The fourth-order valence-corrected chi connectivity index (χ4v) is 19.4. The van der Waals surface area contributed by atoms with Crippen molar-refractivity contribution >= 4 is 23.9 Å². The van der Waals surface area contributed by atoms with Gasteiger partial charge < -0.3 is 40.1 Å². The van der Waals surface area contributed by atoms with Gasteiger partial charge in [-0.3, -0.25) is 23.6 Å². The van der Waals surface area contributed by atoms with Crippen LogP contribution in [0.15, 0.2) is 170 Å². The van der Waals surface area contributed by atoms with Crippen LogP contribution in [-0.2, 0) is 54.3 Å². The molecule has 4 aromatic carbocycles. The fourth-order valence-electron chi connectivity index (χ4n) is 19.4. The molecule has 0 bridgehead atoms. The summed E-state index contributed by atoms with van der Waals surface area (Å²) in [7, 11) is -1.00. The molecule has 0 unspecified atom stereocenters. The number of halogens is 1. The lowest BCUT2D eigenvalue weighted by atomic mass is 9.81. The number of benzene rings is 4. The number of aryl methyl sites for hydroxylation is 4. The van der Waals surface area contributed by atoms with Crippen molar-refractivity contribution in [2.75, 3.05) is 7.15 Å². The topological polar surface area (TPSA) is 208 Å². The molecule has 4 aliphatic rings. The maximum atomic E-state index is 11.6. The largest absolute Gasteiger partial charge is 0.481 e. The molecule has 8 rings (SSSR count). The van der Waals surface area contributed by atoms with Crippen molar-refractivity contribution in [3.63, 3.8) is 0 Å². The number of allylic oxidation sites excluding steroid dienone is 8. The zero-order chi connectivity index (χ0) is 88.7. The lowest BCUT2D eigenvalue weighted by molar-refractivity contribution is -0.148. The molecule has 0 aliphatic heterocycles. The number of carbonyl (C=O) groups excluding carboxylic acids is 2. The smallest absolute Gasteiger partial charge is 0.306 e. The Kier molecular flexibility index (Phi) is 54.2. The summed E-state index contributed by atoms with van der Waals surface area (Å²) in [5.41, 5.74) is 5.68. The second-order valence-corrected chi connectivity index (χ2v) is 37.5. The number of carboxylic acids is 2. The normalized spacial score (nSPS) is 25.0. The number of ether oxygens (including phenoxy) is 2. The molecule has 0 amide bonds. The summed E-state index contributed by atoms with van der Waals surface area (Å²) in [4.78, 5) is 44.3. The lowest BCUT2D eigenvalue weighted by Crippen LogP contribution is -2.20. The van der Waals surface area contributed by atoms with E-state index in [1.54, 1.807) is 0 Å². The van der Waals surface area contributed by atoms with Gasteiger partial charge in [0.05, 0.1) is 45.1 Å². The third kappa shape index (κ3) is 45.2. The van der Waals surface area contributed by atoms with E-state index in [1.807, 2.05) is 27.7 Å². The quantitative estimate of drug-likeness (QED) is 0.0139. The summed E-state index contributed by atoms with van der Waals surface area (Å²) >= 11 is 0. The van der Waals surface area contributed by atoms with E-state index in [9.17, 15) is 44.0 Å². The number of hydrogen-bond acceptors (Lipinski definition) is 10. The molecule has 0 spiro atoms. The number of aliphatic hydroxyl groups excluding tert-OH is 4. The summed E-state index contributed by atoms with van der Waals surface area (Å²) < 4.78 is 25.8. The molecule has 12 nitrogen and oxygen atoms in total. The standard InChI is InChI=1S/2C28H44O3.2C25H38O3.CH3F/c1-21(2)31-28(30)15-11-6-5-10-14-26-25(23(4)20-27(26)29)19-17-22(3)16-18-24-12-8-7-9-13-24;1-21(2)31-28(30)15-11-6-5-10-14-25-23(4)20-27(29)26(25)19-17-22(3)16-18-24-12-8-7-9-13-24;1-19(14-16-21-10-6-5-7-11-21)15-17-22-20(2)18-24(26)23(22)12-8-3-4-9-13-25(27)28;1-19(14-16-21-10-6-5-7-11-21)15-17-23-22(20(2)18-24(23)26)12-8-3-4-9-13-25(27)28;1-2/h2*5,7-10,12-13,21-23,25-27,29H,6,11,14-20H2,1-4H3;2*3,5-8,10-11,19-20,22-24,26H,4,9,12-18H2,1-2H3,(H,27,28);1H3/b2*10-5-;2*8-3-;/t22-,23+,25-,26+,27-;22-,23-,25-,26+,27+;19-,20+,22-,23+,24-;19-,20-,22-,23+,24+;/m0000./s1/i;;;;1D. The van der Waals surface area contributed by atoms with Crippen LogP contribution >= 0.6 is 0 Å². The van der Waals surface area contributed by atoms with Gasteiger partial charge in [0.1, 0.15) is 0 Å². The van der Waals surface area contributed by atoms with E-state index >= 15 is 0 Å². The predicted molar refractivity (Wildman–Crippen MR) is 495 cm³/mol. The number of hydrogen-bond donors (Lipinski definition) is 6. The number of unbranched alkanes of at least 4 members (excludes halogenated alkanes) is 4. The number of esters is 2. The predicted octanol–water partition coefficient (Wildman–Crippen LogP) is 25.8. The van der Waals surface area contributed by atoms with Gasteiger partial charge in [-0.25, -0.2) is 0 Å². The molecule has 120 heavy (non-hydrogen) atoms. The maximum absolute atomic E-state index is 11.6. The van der Waals surface area contributed by atoms with Crippen molar-refractivity contribution in [3.8, 4) is 0 Å². The van der Waals surface area contributed by atoms with Crippen molar-refractivity contribution in [2.45, 2.75) is 351 Å². The van der Waals surface area contributed by atoms with Crippen molar-refractivity contribution in [2.24, 2.45) is 94.7 Å². The number of rotatable bonds is 50. The van der Waals surface area contributed by atoms with E-state index in [1.165, 1.54) is 86.5 Å². The highest BCUT2D eigenvalue weighted by atomic mass is 19.1. The van der Waals surface area contributed by atoms with E-state index < -0.39 is 19.1 Å². The summed E-state index contributed by atoms with van der Waals surface area (Å²) in [5.74, 6) is 7.31. The average molecular weight is 1670 g/mol. The summed E-state index contributed by atoms with van der Waals surface area (Å²) in [6.07, 6.45) is 51.3. The van der Waals surface area contributed by atoms with Crippen molar-refractivity contribution in [3.05, 3.63) is 192 Å². The second-order valence-electron chi connectivity index (χ2n) is 37.5. The molecule has 20 atom stereocenters. The Balaban J connectivity index is 0.000000335. The molecule has 4 saturated carbocycles. The van der Waals surface area contributed by atoms with Crippen LogP contribution in [0.3, 0.4) is 0 Å². The van der Waals surface area contributed by atoms with E-state index in [0.717, 1.165) is 128 Å². The first-order valence-electron chi connectivity index (χ1n) is 47.9. The van der Waals surface area contributed by atoms with Gasteiger partial charge in [-0.2, -0.15) is 0 Å². The number of aliphatic carboxylic acids is 2. The molecule has 4 fully saturated rings. The van der Waals surface area contributed by atoms with Crippen LogP contribution in [0.25, 0.3) is 0 Å². The molecular weight excluding hydrogens is 1500 g/mol. The Bertz CT molecular complexity index is 3200. The van der Waals surface area contributed by atoms with Crippen LogP contribution in [0.5, 0.6) is 0 Å². The Labute approximate surface area is 729 Å². The average Bonchev–Trinajstić information content (AvgIpc) is 1.71. The van der Waals surface area contributed by atoms with Gasteiger partial charge in [-0.1, -0.05) is 251 Å². The van der Waals surface area contributed by atoms with Crippen LogP contribution in [0.1, 0.15) is 312 Å². The lowest BCUT2D eigenvalue weighted by Gasteiger charge is -2.24. The minimum atomic E-state index is -1.00. The van der Waals surface area contributed by atoms with Gasteiger partial charge in [0.2, 0.25) is 0 Å². The molecule has 0 radical (unpaired) electrons. The van der Waals surface area contributed by atoms with Gasteiger partial charge in [0, 0.05) is 25.7 Å². The van der Waals surface area contributed by atoms with Crippen LogP contribution < -0.4 is 0 Å². The first-order chi connectivity index (χ1) is 58.1. The zero-order valence-electron chi connectivity index (χ0n) is 77.5. The van der Waals surface area contributed by atoms with Gasteiger partial charge in [-0.15, -0.1) is 0 Å². The van der Waals surface area contributed by atoms with Crippen LogP contribution in [-0.4, -0.2) is 98.3 Å². The first-order valence-corrected chi connectivity index (χ1v) is 47.2. The molecule has 4 aliphatic carbocycles. The highest BCUT2D eigenvalue weighted by Crippen LogP contribution is 2.47. The molecule has 0 aromatic heterocycles. The molecule has 6 N–H and O–H groups in total. The monoisotopic (exact) mass is 1660 g/mol. The number of aliphatic hydroxyl groups is 4. The molecule has 0 saturated heterocycles. The summed E-state index contributed by atoms with van der Waals surface area (Å²) in [6.45, 7) is 26.1. The third-order valence-corrected chi connectivity index (χ3v) is 26.7. The zero-order valence-corrected chi connectivity index (χ0v) is 76.5. The molecule has 674 valence electrons. The van der Waals surface area contributed by atoms with E-state index in [-0.39, 0.29) is 61.4 Å². The maximum Gasteiger partial charge on any atom is 0.306 e. The van der Waals surface area contributed by atoms with Crippen LogP contribution in [0.4, 0.5) is 4.39 Å². The van der Waals surface area contributed by atoms with E-state index in [4.69, 9.17) is 21.1 Å². The van der Waals surface area contributed by atoms with E-state index in [2.05, 4.69) is 225 Å². The Hall–Kier alpha value is -6.51.